The molecule has 0 aromatic carbocycles. The summed E-state index contributed by atoms with van der Waals surface area (Å²) < 4.78 is 4.63. The minimum absolute atomic E-state index is 0.0511. The second kappa shape index (κ2) is 8.29. The van der Waals surface area contributed by atoms with E-state index in [1.807, 2.05) is 5.32 Å². The van der Waals surface area contributed by atoms with Crippen molar-refractivity contribution in [2.24, 2.45) is 5.92 Å². The highest BCUT2D eigenvalue weighted by Gasteiger charge is 2.38. The van der Waals surface area contributed by atoms with Gasteiger partial charge in [-0.3, -0.25) is 9.59 Å². The van der Waals surface area contributed by atoms with E-state index >= 15 is 0 Å². The van der Waals surface area contributed by atoms with Crippen LogP contribution in [0.2, 0.25) is 0 Å². The van der Waals surface area contributed by atoms with E-state index in [9.17, 15) is 14.4 Å². The maximum Gasteiger partial charge on any atom is 0.328 e. The van der Waals surface area contributed by atoms with Crippen molar-refractivity contribution in [3.63, 3.8) is 0 Å². The number of methoxy groups -OCH3 is 1. The van der Waals surface area contributed by atoms with Crippen LogP contribution in [0.4, 0.5) is 0 Å². The Labute approximate surface area is 137 Å². The quantitative estimate of drug-likeness (QED) is 0.650. The molecule has 1 aliphatic heterocycles. The van der Waals surface area contributed by atoms with Gasteiger partial charge in [-0.1, -0.05) is 19.3 Å². The topological polar surface area (TPSA) is 92.3 Å². The molecule has 2 atom stereocenters. The second-order valence-corrected chi connectivity index (χ2v) is 6.45. The first-order valence-electron chi connectivity index (χ1n) is 8.55. The van der Waals surface area contributed by atoms with E-state index in [4.69, 9.17) is 0 Å². The number of rotatable bonds is 4. The van der Waals surface area contributed by atoms with Gasteiger partial charge in [-0.05, 0) is 19.8 Å². The number of quaternary nitrogens is 1. The van der Waals surface area contributed by atoms with Gasteiger partial charge < -0.3 is 20.3 Å². The summed E-state index contributed by atoms with van der Waals surface area (Å²) in [4.78, 5) is 38.5. The Morgan fingerprint density at radius 3 is 2.57 bits per heavy atom. The zero-order chi connectivity index (χ0) is 16.8. The number of esters is 1. The minimum atomic E-state index is -0.707. The molecule has 2 amide bonds. The summed E-state index contributed by atoms with van der Waals surface area (Å²) in [6.07, 6.45) is 5.22. The minimum Gasteiger partial charge on any atom is -0.467 e. The van der Waals surface area contributed by atoms with Gasteiger partial charge in [0.05, 0.1) is 20.2 Å². The van der Waals surface area contributed by atoms with Gasteiger partial charge in [0.25, 0.3) is 0 Å². The lowest BCUT2D eigenvalue weighted by Crippen LogP contribution is -2.93. The molecule has 1 saturated carbocycles. The maximum absolute atomic E-state index is 12.8. The van der Waals surface area contributed by atoms with Gasteiger partial charge in [-0.25, -0.2) is 4.79 Å². The standard InChI is InChI=1S/C16H27N3O4/c1-11(16(22)23-2)18-14(20)13-10-17-8-9-19(13)15(21)12-6-4-3-5-7-12/h11-13,17H,3-10H2,1-2H3,(H,18,20)/p+1/t11-,13+/m1/s1. The summed E-state index contributed by atoms with van der Waals surface area (Å²) in [6.45, 7) is 3.52. The van der Waals surface area contributed by atoms with Crippen molar-refractivity contribution < 1.29 is 24.4 Å². The molecule has 0 aromatic rings. The van der Waals surface area contributed by atoms with Crippen molar-refractivity contribution in [2.75, 3.05) is 26.7 Å². The van der Waals surface area contributed by atoms with Crippen LogP contribution < -0.4 is 10.6 Å². The first-order chi connectivity index (χ1) is 11.0. The average Bonchev–Trinajstić information content (AvgIpc) is 2.60. The number of hydrogen-bond donors (Lipinski definition) is 2. The number of nitrogens with two attached hydrogens (primary N) is 1. The largest absolute Gasteiger partial charge is 0.467 e. The third kappa shape index (κ3) is 4.43. The zero-order valence-corrected chi connectivity index (χ0v) is 14.0. The fourth-order valence-electron chi connectivity index (χ4n) is 3.43. The van der Waals surface area contributed by atoms with Crippen molar-refractivity contribution in [1.29, 1.82) is 0 Å². The van der Waals surface area contributed by atoms with E-state index < -0.39 is 18.1 Å². The molecule has 23 heavy (non-hydrogen) atoms. The Morgan fingerprint density at radius 2 is 1.91 bits per heavy atom. The summed E-state index contributed by atoms with van der Waals surface area (Å²) in [5.74, 6) is -0.606. The van der Waals surface area contributed by atoms with E-state index in [-0.39, 0.29) is 17.7 Å². The van der Waals surface area contributed by atoms with Gasteiger partial charge in [-0.15, -0.1) is 0 Å². The van der Waals surface area contributed by atoms with E-state index in [0.717, 1.165) is 32.2 Å². The summed E-state index contributed by atoms with van der Waals surface area (Å²) in [5.41, 5.74) is 0. The molecule has 2 fully saturated rings. The van der Waals surface area contributed by atoms with Crippen LogP contribution in [-0.4, -0.2) is 61.5 Å². The molecule has 1 saturated heterocycles. The summed E-state index contributed by atoms with van der Waals surface area (Å²) in [7, 11) is 1.29. The number of hydrogen-bond acceptors (Lipinski definition) is 4. The van der Waals surface area contributed by atoms with Gasteiger partial charge in [0, 0.05) is 5.92 Å². The lowest BCUT2D eigenvalue weighted by molar-refractivity contribution is -0.665. The molecule has 0 radical (unpaired) electrons. The Kier molecular flexibility index (Phi) is 6.38. The van der Waals surface area contributed by atoms with Crippen molar-refractivity contribution in [3.05, 3.63) is 0 Å². The number of carbonyl (C=O) groups excluding carboxylic acids is 3. The number of ether oxygens (including phenoxy) is 1. The molecule has 3 N–H and O–H groups in total. The third-order valence-electron chi connectivity index (χ3n) is 4.79. The van der Waals surface area contributed by atoms with E-state index in [1.165, 1.54) is 13.5 Å². The smallest absolute Gasteiger partial charge is 0.328 e. The van der Waals surface area contributed by atoms with Gasteiger partial charge >= 0.3 is 5.97 Å². The molecule has 1 heterocycles. The molecule has 0 aromatic heterocycles. The Bertz CT molecular complexity index is 449. The molecule has 0 unspecified atom stereocenters. The van der Waals surface area contributed by atoms with Crippen molar-refractivity contribution in [2.45, 2.75) is 51.1 Å². The van der Waals surface area contributed by atoms with Crippen LogP contribution in [-0.2, 0) is 19.1 Å². The molecule has 2 rings (SSSR count). The average molecular weight is 326 g/mol. The molecule has 2 aliphatic rings. The molecule has 7 nitrogen and oxygen atoms in total. The maximum atomic E-state index is 12.8. The van der Waals surface area contributed by atoms with Crippen LogP contribution in [0.5, 0.6) is 0 Å². The second-order valence-electron chi connectivity index (χ2n) is 6.45. The fourth-order valence-corrected chi connectivity index (χ4v) is 3.43. The van der Waals surface area contributed by atoms with E-state index in [2.05, 4.69) is 10.1 Å². The number of carbonyl (C=O) groups is 3. The van der Waals surface area contributed by atoms with Crippen LogP contribution in [0.3, 0.4) is 0 Å². The van der Waals surface area contributed by atoms with Gasteiger partial charge in [0.15, 0.2) is 6.04 Å². The van der Waals surface area contributed by atoms with Crippen molar-refractivity contribution in [1.82, 2.24) is 10.2 Å². The molecule has 1 aliphatic carbocycles. The SMILES string of the molecule is COC(=O)[C@@H](C)NC(=O)[C@@H]1C[NH2+]CCN1C(=O)C1CCCCC1. The van der Waals surface area contributed by atoms with E-state index in [1.54, 1.807) is 11.8 Å². The summed E-state index contributed by atoms with van der Waals surface area (Å²) in [6, 6.07) is -1.22. The van der Waals surface area contributed by atoms with Gasteiger partial charge in [-0.2, -0.15) is 0 Å². The monoisotopic (exact) mass is 326 g/mol. The molecule has 130 valence electrons. The highest BCUT2D eigenvalue weighted by atomic mass is 16.5. The predicted molar refractivity (Wildman–Crippen MR) is 83.4 cm³/mol. The van der Waals surface area contributed by atoms with Crippen LogP contribution in [0.1, 0.15) is 39.0 Å². The van der Waals surface area contributed by atoms with Gasteiger partial charge in [0.2, 0.25) is 11.8 Å². The molecule has 0 spiro atoms. The molecular formula is C16H28N3O4+. The third-order valence-corrected chi connectivity index (χ3v) is 4.79. The highest BCUT2D eigenvalue weighted by Crippen LogP contribution is 2.26. The zero-order valence-electron chi connectivity index (χ0n) is 14.0. The fraction of sp³-hybridized carbons (Fsp3) is 0.812. The Hall–Kier alpha value is -1.63. The van der Waals surface area contributed by atoms with Crippen molar-refractivity contribution in [3.8, 4) is 0 Å². The molecule has 0 bridgehead atoms. The molecule has 7 heteroatoms. The van der Waals surface area contributed by atoms with Gasteiger partial charge in [0.1, 0.15) is 12.6 Å². The van der Waals surface area contributed by atoms with Crippen LogP contribution >= 0.6 is 0 Å². The highest BCUT2D eigenvalue weighted by molar-refractivity contribution is 5.91. The van der Waals surface area contributed by atoms with E-state index in [0.29, 0.717) is 13.1 Å². The van der Waals surface area contributed by atoms with Crippen LogP contribution in [0.25, 0.3) is 0 Å². The first-order valence-corrected chi connectivity index (χ1v) is 8.55. The lowest BCUT2D eigenvalue weighted by atomic mass is 9.87. The van der Waals surface area contributed by atoms with Crippen molar-refractivity contribution >= 4 is 17.8 Å². The Balaban J connectivity index is 2.00. The number of nitrogens with one attached hydrogen (secondary N) is 1. The van der Waals surface area contributed by atoms with Crippen LogP contribution in [0, 0.1) is 5.92 Å². The molecular weight excluding hydrogens is 298 g/mol. The normalized spacial score (nSPS) is 23.9. The number of piperazine rings is 1. The summed E-state index contributed by atoms with van der Waals surface area (Å²) >= 11 is 0. The number of nitrogens with zero attached hydrogens (tertiary/aromatic N) is 1. The number of amides is 2. The van der Waals surface area contributed by atoms with Crippen LogP contribution in [0.15, 0.2) is 0 Å². The predicted octanol–water partition coefficient (Wildman–Crippen LogP) is -0.981. The lowest BCUT2D eigenvalue weighted by Gasteiger charge is -2.36. The Morgan fingerprint density at radius 1 is 1.22 bits per heavy atom. The summed E-state index contributed by atoms with van der Waals surface area (Å²) in [5, 5.41) is 4.70. The first kappa shape index (κ1) is 17.7.